The van der Waals surface area contributed by atoms with E-state index in [1.165, 1.54) is 30.4 Å². The monoisotopic (exact) mass is 841 g/mol. The topological polar surface area (TPSA) is 102 Å². The number of hydrogen-bond donors (Lipinski definition) is 2. The van der Waals surface area contributed by atoms with Gasteiger partial charge in [0.25, 0.3) is 0 Å². The average molecular weight is 841 g/mol. The number of unbranched alkanes of at least 4 members (excludes halogenated alkanes) is 1. The first-order valence-electron chi connectivity index (χ1n) is 21.8. The van der Waals surface area contributed by atoms with Crippen molar-refractivity contribution in [3.63, 3.8) is 0 Å². The van der Waals surface area contributed by atoms with Crippen LogP contribution < -0.4 is 9.47 Å². The summed E-state index contributed by atoms with van der Waals surface area (Å²) in [4.78, 5) is 9.46. The summed E-state index contributed by atoms with van der Waals surface area (Å²) in [6.07, 6.45) is 13.8. The van der Waals surface area contributed by atoms with Gasteiger partial charge in [0.15, 0.2) is 0 Å². The second-order valence-corrected chi connectivity index (χ2v) is 13.5. The molecule has 0 heterocycles. The van der Waals surface area contributed by atoms with Gasteiger partial charge in [-0.05, 0) is 143 Å². The molecular formula is C53H80N2O6. The number of aryl methyl sites for hydroxylation is 6. The van der Waals surface area contributed by atoms with Crippen molar-refractivity contribution in [2.75, 3.05) is 27.4 Å². The largest absolute Gasteiger partial charge is 0.507 e. The highest BCUT2D eigenvalue weighted by Gasteiger charge is 2.05. The Kier molecular flexibility index (Phi) is 34.3. The van der Waals surface area contributed by atoms with E-state index < -0.39 is 0 Å². The van der Waals surface area contributed by atoms with Gasteiger partial charge < -0.3 is 29.4 Å². The van der Waals surface area contributed by atoms with Gasteiger partial charge in [-0.25, -0.2) is 0 Å². The number of aromatic hydroxyl groups is 2. The third kappa shape index (κ3) is 25.0. The minimum Gasteiger partial charge on any atom is -0.507 e. The molecule has 0 aliphatic carbocycles. The van der Waals surface area contributed by atoms with Gasteiger partial charge >= 0.3 is 0 Å². The van der Waals surface area contributed by atoms with Crippen molar-refractivity contribution in [3.05, 3.63) is 142 Å². The number of allylic oxidation sites excluding steroid dienone is 2. The summed E-state index contributed by atoms with van der Waals surface area (Å²) >= 11 is 0. The predicted octanol–water partition coefficient (Wildman–Crippen LogP) is 14.4. The van der Waals surface area contributed by atoms with Crippen LogP contribution >= 0.6 is 0 Å². The summed E-state index contributed by atoms with van der Waals surface area (Å²) in [5.74, 6) is 2.30. The fourth-order valence-corrected chi connectivity index (χ4v) is 5.35. The number of phenolic OH excluding ortho intramolecular Hbond substituents is 2. The highest BCUT2D eigenvalue weighted by Crippen LogP contribution is 2.28. The summed E-state index contributed by atoms with van der Waals surface area (Å²) in [5, 5.41) is 26.9. The minimum absolute atomic E-state index is 0.350. The van der Waals surface area contributed by atoms with Gasteiger partial charge in [-0.15, -0.1) is 0 Å². The van der Waals surface area contributed by atoms with Gasteiger partial charge in [-0.3, -0.25) is 0 Å². The van der Waals surface area contributed by atoms with E-state index in [0.29, 0.717) is 24.7 Å². The normalized spacial score (nSPS) is 10.6. The zero-order valence-electron chi connectivity index (χ0n) is 40.6. The zero-order valence-corrected chi connectivity index (χ0v) is 40.6. The number of oxime groups is 2. The van der Waals surface area contributed by atoms with Crippen LogP contribution in [0.1, 0.15) is 133 Å². The van der Waals surface area contributed by atoms with E-state index in [-0.39, 0.29) is 0 Å². The quantitative estimate of drug-likeness (QED) is 0.0702. The van der Waals surface area contributed by atoms with Crippen LogP contribution in [-0.4, -0.2) is 49.1 Å². The van der Waals surface area contributed by atoms with Crippen molar-refractivity contribution in [3.8, 4) is 23.0 Å². The molecule has 0 aromatic heterocycles. The fourth-order valence-electron chi connectivity index (χ4n) is 5.35. The summed E-state index contributed by atoms with van der Waals surface area (Å²) in [6, 6.07) is 24.4. The molecule has 0 saturated carbocycles. The van der Waals surface area contributed by atoms with E-state index in [4.69, 9.17) is 19.1 Å². The van der Waals surface area contributed by atoms with Crippen molar-refractivity contribution in [1.29, 1.82) is 0 Å². The van der Waals surface area contributed by atoms with Crippen LogP contribution in [0.5, 0.6) is 23.0 Å². The van der Waals surface area contributed by atoms with E-state index in [2.05, 4.69) is 72.7 Å². The molecule has 0 aliphatic heterocycles. The molecule has 0 radical (unpaired) electrons. The fraction of sp³-hybridized carbons (Fsp3) is 0.434. The van der Waals surface area contributed by atoms with Crippen LogP contribution in [0.25, 0.3) is 0 Å². The first-order valence-corrected chi connectivity index (χ1v) is 21.8. The third-order valence-corrected chi connectivity index (χ3v) is 8.65. The maximum Gasteiger partial charge on any atom is 0.121 e. The smallest absolute Gasteiger partial charge is 0.121 e. The van der Waals surface area contributed by atoms with Crippen LogP contribution in [0.3, 0.4) is 0 Å². The van der Waals surface area contributed by atoms with Crippen LogP contribution in [-0.2, 0) is 22.5 Å². The summed E-state index contributed by atoms with van der Waals surface area (Å²) in [5.41, 5.74) is 10.2. The van der Waals surface area contributed by atoms with Crippen LogP contribution in [0.4, 0.5) is 0 Å². The van der Waals surface area contributed by atoms with E-state index in [9.17, 15) is 10.2 Å². The summed E-state index contributed by atoms with van der Waals surface area (Å²) in [6.45, 7) is 28.8. The van der Waals surface area contributed by atoms with Crippen molar-refractivity contribution in [1.82, 2.24) is 0 Å². The Labute approximate surface area is 371 Å². The molecule has 4 rings (SSSR count). The number of rotatable bonds is 15. The third-order valence-electron chi connectivity index (χ3n) is 8.65. The van der Waals surface area contributed by atoms with Crippen LogP contribution in [0, 0.1) is 27.7 Å². The Balaban J connectivity index is 0. The maximum atomic E-state index is 9.53. The van der Waals surface area contributed by atoms with E-state index in [0.717, 1.165) is 69.1 Å². The molecule has 61 heavy (non-hydrogen) atoms. The lowest BCUT2D eigenvalue weighted by atomic mass is 10.0. The number of benzene rings is 4. The Bertz CT molecular complexity index is 1730. The molecule has 8 nitrogen and oxygen atoms in total. The highest BCUT2D eigenvalue weighted by molar-refractivity contribution is 5.98. The Morgan fingerprint density at radius 2 is 0.869 bits per heavy atom. The van der Waals surface area contributed by atoms with Gasteiger partial charge in [-0.1, -0.05) is 138 Å². The first-order chi connectivity index (χ1) is 29.3. The second kappa shape index (κ2) is 36.4. The van der Waals surface area contributed by atoms with Crippen molar-refractivity contribution in [2.45, 2.75) is 129 Å². The molecule has 0 amide bonds. The first kappa shape index (κ1) is 57.6. The SMILES string of the molecule is C/C=C/COc1cc(C)c(O)c(C)c1.C/C=C/COc1cc(C)c(O)c(C)c1.CC.CC.CCCCc1ccc(/C(C)=N\OC)cc1.CCCc1ccc(/C(C)=N\OC)cc1. The standard InChI is InChI=1S/C13H19NO.C12H17NO.2C12H16O2.2C2H6/c1-4-5-6-12-7-9-13(10-8-12)11(2)14-15-3;1-4-5-11-6-8-12(9-7-11)10(2)13-14-3;2*1-4-5-6-14-11-7-9(2)12(13)10(3)8-11;2*1-2/h7-10H,4-6H2,1-3H3;6-9H,4-5H2,1-3H3;2*4-5,7-8,13H,6H2,1-3H3;2*1-2H3/b14-11-;13-10-;2*5-4+;;. The molecule has 0 saturated heterocycles. The highest BCUT2D eigenvalue weighted by atomic mass is 16.6. The molecule has 0 aliphatic rings. The van der Waals surface area contributed by atoms with Crippen molar-refractivity contribution in [2.24, 2.45) is 10.3 Å². The van der Waals surface area contributed by atoms with Gasteiger partial charge in [0.05, 0.1) is 11.4 Å². The van der Waals surface area contributed by atoms with Crippen molar-refractivity contribution >= 4 is 11.4 Å². The van der Waals surface area contributed by atoms with E-state index in [1.807, 2.05) is 132 Å². The molecule has 0 bridgehead atoms. The molecule has 338 valence electrons. The molecule has 4 aromatic carbocycles. The maximum absolute atomic E-state index is 9.53. The van der Waals surface area contributed by atoms with Crippen molar-refractivity contribution < 1.29 is 29.4 Å². The van der Waals surface area contributed by atoms with Crippen LogP contribution in [0.15, 0.2) is 107 Å². The molecule has 2 N–H and O–H groups in total. The lowest BCUT2D eigenvalue weighted by molar-refractivity contribution is 0.213. The predicted molar refractivity (Wildman–Crippen MR) is 262 cm³/mol. The number of hydrogen-bond acceptors (Lipinski definition) is 8. The number of ether oxygens (including phenoxy) is 2. The number of phenols is 2. The number of nitrogens with zero attached hydrogens (tertiary/aromatic N) is 2. The average Bonchev–Trinajstić information content (AvgIpc) is 3.27. The van der Waals surface area contributed by atoms with Gasteiger partial charge in [0.2, 0.25) is 0 Å². The summed E-state index contributed by atoms with van der Waals surface area (Å²) < 4.78 is 10.9. The van der Waals surface area contributed by atoms with Gasteiger partial charge in [0.1, 0.15) is 50.4 Å². The second-order valence-electron chi connectivity index (χ2n) is 13.5. The molecule has 0 unspecified atom stereocenters. The molecule has 4 aromatic rings. The molecule has 8 heteroatoms. The summed E-state index contributed by atoms with van der Waals surface area (Å²) in [7, 11) is 3.13. The molecule has 0 fully saturated rings. The van der Waals surface area contributed by atoms with Gasteiger partial charge in [-0.2, -0.15) is 0 Å². The van der Waals surface area contributed by atoms with E-state index in [1.54, 1.807) is 14.2 Å². The van der Waals surface area contributed by atoms with Crippen LogP contribution in [0.2, 0.25) is 0 Å². The lowest BCUT2D eigenvalue weighted by Gasteiger charge is -2.08. The Morgan fingerprint density at radius 3 is 1.15 bits per heavy atom. The zero-order chi connectivity index (χ0) is 46.6. The molecule has 0 spiro atoms. The van der Waals surface area contributed by atoms with E-state index >= 15 is 0 Å². The molecular weight excluding hydrogens is 761 g/mol. The Morgan fingerprint density at radius 1 is 0.541 bits per heavy atom. The minimum atomic E-state index is 0.350. The Hall–Kier alpha value is -5.50. The lowest BCUT2D eigenvalue weighted by Crippen LogP contribution is -1.95. The molecule has 0 atom stereocenters. The van der Waals surface area contributed by atoms with Gasteiger partial charge in [0, 0.05) is 0 Å².